The number of likely N-dealkylation sites (N-methyl/N-ethyl adjacent to an activating group) is 1. The van der Waals surface area contributed by atoms with Gasteiger partial charge < -0.3 is 53.7 Å². The molecule has 0 amide bonds. The topological polar surface area (TPSA) is 245 Å². The van der Waals surface area contributed by atoms with Gasteiger partial charge in [-0.3, -0.25) is 24.1 Å². The molecule has 0 radical (unpaired) electrons. The smallest absolute Gasteiger partial charge is 0.341 e. The lowest BCUT2D eigenvalue weighted by Gasteiger charge is -2.40. The summed E-state index contributed by atoms with van der Waals surface area (Å²) in [5.41, 5.74) is -3.76. The number of carbonyl (C=O) groups excluding carboxylic acids is 6. The summed E-state index contributed by atoms with van der Waals surface area (Å²) in [4.78, 5) is 80.3. The van der Waals surface area contributed by atoms with Gasteiger partial charge in [0, 0.05) is 45.4 Å². The molecule has 0 saturated carbocycles. The predicted molar refractivity (Wildman–Crippen MR) is 234 cm³/mol. The van der Waals surface area contributed by atoms with Gasteiger partial charge in [-0.1, -0.05) is 38.1 Å². The number of rotatable bonds is 13. The molecule has 1 fully saturated rings. The SMILES string of the molecule is CC(=O)Oc1ccccc1C(=O)OCCN(CCOC(=O)c1ccccc1OC(C)=O)CC(=O)O[C@H]1[C@H](C)[C@@H](O)[C@](C)(O)C[C@@H](C)CN(C)[C@H](C)[C@@H](O)[C@](C)(O)[C@@H](I)OC(=O)[C@@H]1C. The first-order valence-electron chi connectivity index (χ1n) is 20.5. The lowest BCUT2D eigenvalue weighted by atomic mass is 9.78. The van der Waals surface area contributed by atoms with E-state index in [-0.39, 0.29) is 61.3 Å². The molecular weight excluding hydrogens is 939 g/mol. The van der Waals surface area contributed by atoms with Crippen molar-refractivity contribution in [3.8, 4) is 11.5 Å². The fourth-order valence-electron chi connectivity index (χ4n) is 7.38. The average Bonchev–Trinajstić information content (AvgIpc) is 3.20. The first-order valence-corrected chi connectivity index (χ1v) is 21.8. The van der Waals surface area contributed by atoms with Crippen molar-refractivity contribution in [3.05, 3.63) is 59.7 Å². The van der Waals surface area contributed by atoms with Gasteiger partial charge in [0.15, 0.2) is 4.11 Å². The molecule has 0 aliphatic carbocycles. The van der Waals surface area contributed by atoms with Crippen LogP contribution >= 0.6 is 22.6 Å². The Kier molecular flexibility index (Phi) is 19.9. The molecule has 0 spiro atoms. The summed E-state index contributed by atoms with van der Waals surface area (Å²) in [6, 6.07) is 11.2. The molecule has 10 atom stereocenters. The molecule has 1 aliphatic heterocycles. The van der Waals surface area contributed by atoms with Gasteiger partial charge >= 0.3 is 35.8 Å². The highest BCUT2D eigenvalue weighted by atomic mass is 127. The molecular formula is C44H61IN2O16. The Labute approximate surface area is 381 Å². The summed E-state index contributed by atoms with van der Waals surface area (Å²) in [6.07, 6.45) is -4.27. The summed E-state index contributed by atoms with van der Waals surface area (Å²) in [7, 11) is 1.74. The zero-order chi connectivity index (χ0) is 47.4. The van der Waals surface area contributed by atoms with Crippen LogP contribution in [0.3, 0.4) is 0 Å². The van der Waals surface area contributed by atoms with E-state index < -0.39 is 93.9 Å². The van der Waals surface area contributed by atoms with E-state index in [0.717, 1.165) is 0 Å². The Hall–Kier alpha value is -4.25. The van der Waals surface area contributed by atoms with Crippen LogP contribution in [-0.4, -0.2) is 152 Å². The largest absolute Gasteiger partial charge is 0.461 e. The molecule has 63 heavy (non-hydrogen) atoms. The molecule has 1 aliphatic rings. The van der Waals surface area contributed by atoms with Crippen molar-refractivity contribution in [3.63, 3.8) is 0 Å². The van der Waals surface area contributed by atoms with E-state index >= 15 is 0 Å². The maximum absolute atomic E-state index is 13.9. The monoisotopic (exact) mass is 1000 g/mol. The Bertz CT molecular complexity index is 1830. The van der Waals surface area contributed by atoms with Crippen molar-refractivity contribution < 1.29 is 77.6 Å². The van der Waals surface area contributed by atoms with Crippen molar-refractivity contribution >= 4 is 58.4 Å². The number of hydrogen-bond donors (Lipinski definition) is 4. The van der Waals surface area contributed by atoms with E-state index in [9.17, 15) is 49.2 Å². The number of esters is 6. The molecule has 4 N–H and O–H groups in total. The van der Waals surface area contributed by atoms with Crippen LogP contribution in [0.1, 0.15) is 82.5 Å². The molecule has 1 saturated heterocycles. The summed E-state index contributed by atoms with van der Waals surface area (Å²) < 4.78 is 31.5. The predicted octanol–water partition coefficient (Wildman–Crippen LogP) is 2.93. The number of para-hydroxylation sites is 2. The zero-order valence-corrected chi connectivity index (χ0v) is 39.3. The Balaban J connectivity index is 1.90. The third kappa shape index (κ3) is 15.2. The van der Waals surface area contributed by atoms with Crippen LogP contribution in [0.25, 0.3) is 0 Å². The van der Waals surface area contributed by atoms with Gasteiger partial charge in [-0.25, -0.2) is 9.59 Å². The maximum atomic E-state index is 13.9. The first-order chi connectivity index (χ1) is 29.4. The van der Waals surface area contributed by atoms with E-state index in [0.29, 0.717) is 6.54 Å². The quantitative estimate of drug-likeness (QED) is 0.0741. The van der Waals surface area contributed by atoms with E-state index in [2.05, 4.69) is 0 Å². The van der Waals surface area contributed by atoms with Gasteiger partial charge in [0.1, 0.15) is 53.6 Å². The summed E-state index contributed by atoms with van der Waals surface area (Å²) in [6.45, 7) is 10.5. The van der Waals surface area contributed by atoms with Crippen molar-refractivity contribution in [1.29, 1.82) is 0 Å². The van der Waals surface area contributed by atoms with Gasteiger partial charge in [0.2, 0.25) is 0 Å². The van der Waals surface area contributed by atoms with Gasteiger partial charge in [-0.2, -0.15) is 0 Å². The molecule has 19 heteroatoms. The van der Waals surface area contributed by atoms with E-state index in [1.165, 1.54) is 70.7 Å². The Morgan fingerprint density at radius 3 is 1.78 bits per heavy atom. The number of alkyl halides is 1. The molecule has 0 bridgehead atoms. The zero-order valence-electron chi connectivity index (χ0n) is 37.1. The second-order valence-corrected chi connectivity index (χ2v) is 17.7. The molecule has 0 unspecified atom stereocenters. The van der Waals surface area contributed by atoms with Crippen LogP contribution in [0.2, 0.25) is 0 Å². The standard InChI is InChI=1S/C44H61IN2O16/c1-25-22-43(7,56)37(51)26(2)36(27(3)39(53)63-42(45)44(8,57)38(52)28(4)46(9)23-25)62-35(50)24-47(18-20-58-40(54)31-14-10-12-16-33(31)60-29(5)48)19-21-59-41(55)32-15-11-13-17-34(32)61-30(6)49/h10-17,25-28,36-38,42,51-52,56-57H,18-24H2,1-9H3/t25-,26+,27-,28-,36+,37-,38-,42+,43-,44+/m1/s1. The fourth-order valence-corrected chi connectivity index (χ4v) is 7.99. The highest BCUT2D eigenvalue weighted by Crippen LogP contribution is 2.34. The van der Waals surface area contributed by atoms with Gasteiger partial charge in [-0.15, -0.1) is 0 Å². The second kappa shape index (κ2) is 23.6. The number of ether oxygens (including phenoxy) is 6. The number of nitrogens with zero attached hydrogens (tertiary/aromatic N) is 2. The molecule has 350 valence electrons. The van der Waals surface area contributed by atoms with Crippen LogP contribution in [0.4, 0.5) is 0 Å². The summed E-state index contributed by atoms with van der Waals surface area (Å²) in [5.74, 6) is -7.50. The van der Waals surface area contributed by atoms with Gasteiger partial charge in [0.25, 0.3) is 0 Å². The lowest BCUT2D eigenvalue weighted by molar-refractivity contribution is -0.183. The second-order valence-electron chi connectivity index (χ2n) is 16.5. The molecule has 3 rings (SSSR count). The number of carbonyl (C=O) groups is 6. The number of aliphatic hydroxyl groups excluding tert-OH is 2. The van der Waals surface area contributed by atoms with Crippen LogP contribution < -0.4 is 9.47 Å². The fraction of sp³-hybridized carbons (Fsp3) is 0.591. The van der Waals surface area contributed by atoms with Gasteiger partial charge in [-0.05, 0) is 93.9 Å². The number of halogens is 1. The van der Waals surface area contributed by atoms with E-state index in [1.807, 2.05) is 6.92 Å². The van der Waals surface area contributed by atoms with E-state index in [1.54, 1.807) is 65.7 Å². The van der Waals surface area contributed by atoms with Crippen molar-refractivity contribution in [2.24, 2.45) is 17.8 Å². The highest BCUT2D eigenvalue weighted by Gasteiger charge is 2.48. The van der Waals surface area contributed by atoms with Crippen LogP contribution in [0.15, 0.2) is 48.5 Å². The minimum Gasteiger partial charge on any atom is -0.461 e. The number of aliphatic hydroxyl groups is 4. The van der Waals surface area contributed by atoms with Crippen molar-refractivity contribution in [1.82, 2.24) is 9.80 Å². The molecule has 0 aromatic heterocycles. The minimum absolute atomic E-state index is 0.0249. The summed E-state index contributed by atoms with van der Waals surface area (Å²) in [5, 5.41) is 46.0. The Morgan fingerprint density at radius 2 is 1.30 bits per heavy atom. The Morgan fingerprint density at radius 1 is 0.825 bits per heavy atom. The number of hydrogen-bond acceptors (Lipinski definition) is 18. The van der Waals surface area contributed by atoms with Gasteiger partial charge in [0.05, 0.1) is 24.2 Å². The van der Waals surface area contributed by atoms with Crippen LogP contribution in [0.5, 0.6) is 11.5 Å². The molecule has 18 nitrogen and oxygen atoms in total. The normalized spacial score (nSPS) is 28.7. The summed E-state index contributed by atoms with van der Waals surface area (Å²) >= 11 is 1.71. The molecule has 2 aromatic carbocycles. The first kappa shape index (κ1) is 53.1. The minimum atomic E-state index is -1.94. The van der Waals surface area contributed by atoms with Crippen LogP contribution in [-0.2, 0) is 38.1 Å². The third-order valence-electron chi connectivity index (χ3n) is 10.9. The lowest BCUT2D eigenvalue weighted by Crippen LogP contribution is -2.57. The molecule has 2 aromatic rings. The van der Waals surface area contributed by atoms with Crippen molar-refractivity contribution in [2.45, 2.75) is 101 Å². The maximum Gasteiger partial charge on any atom is 0.341 e. The number of benzene rings is 2. The van der Waals surface area contributed by atoms with Crippen LogP contribution in [0, 0.1) is 17.8 Å². The highest BCUT2D eigenvalue weighted by molar-refractivity contribution is 14.1. The molecule has 1 heterocycles. The van der Waals surface area contributed by atoms with E-state index in [4.69, 9.17) is 28.4 Å². The number of cyclic esters (lactones) is 1. The third-order valence-corrected chi connectivity index (χ3v) is 12.4. The van der Waals surface area contributed by atoms with Crippen molar-refractivity contribution in [2.75, 3.05) is 46.4 Å². The average molecular weight is 1000 g/mol.